The molecule has 0 aliphatic heterocycles. The lowest BCUT2D eigenvalue weighted by Crippen LogP contribution is -2.48. The summed E-state index contributed by atoms with van der Waals surface area (Å²) in [6.07, 6.45) is 3.62. The first-order chi connectivity index (χ1) is 8.00. The van der Waals surface area contributed by atoms with E-state index in [9.17, 15) is 9.59 Å². The Bertz CT molecular complexity index is 281. The Morgan fingerprint density at radius 1 is 1.29 bits per heavy atom. The van der Waals surface area contributed by atoms with Gasteiger partial charge in [-0.1, -0.05) is 26.7 Å². The summed E-state index contributed by atoms with van der Waals surface area (Å²) in [7, 11) is 0. The fourth-order valence-corrected chi connectivity index (χ4v) is 2.30. The summed E-state index contributed by atoms with van der Waals surface area (Å²) in [6, 6.07) is 0.0459. The molecule has 0 unspecified atom stereocenters. The van der Waals surface area contributed by atoms with Crippen LogP contribution in [-0.4, -0.2) is 24.5 Å². The summed E-state index contributed by atoms with van der Waals surface area (Å²) in [5.74, 6) is 0.760. The van der Waals surface area contributed by atoms with Gasteiger partial charge in [0.15, 0.2) is 0 Å². The third-order valence-corrected chi connectivity index (χ3v) is 3.68. The Morgan fingerprint density at radius 3 is 2.65 bits per heavy atom. The number of hydrogen-bond donors (Lipinski definition) is 3. The van der Waals surface area contributed by atoms with Gasteiger partial charge in [0.1, 0.15) is 0 Å². The van der Waals surface area contributed by atoms with Gasteiger partial charge in [0, 0.05) is 19.0 Å². The van der Waals surface area contributed by atoms with Gasteiger partial charge < -0.3 is 16.4 Å². The molecular formula is C12H23N3O2. The van der Waals surface area contributed by atoms with Crippen molar-refractivity contribution in [2.75, 3.05) is 6.54 Å². The Balaban J connectivity index is 2.27. The van der Waals surface area contributed by atoms with Gasteiger partial charge in [-0.25, -0.2) is 4.79 Å². The molecule has 0 radical (unpaired) electrons. The number of primary amides is 1. The van der Waals surface area contributed by atoms with E-state index in [4.69, 9.17) is 5.73 Å². The fourth-order valence-electron chi connectivity index (χ4n) is 2.30. The molecule has 17 heavy (non-hydrogen) atoms. The van der Waals surface area contributed by atoms with Gasteiger partial charge in [-0.2, -0.15) is 0 Å². The van der Waals surface area contributed by atoms with Gasteiger partial charge in [0.05, 0.1) is 0 Å². The molecule has 5 heteroatoms. The zero-order valence-electron chi connectivity index (χ0n) is 10.7. The van der Waals surface area contributed by atoms with Crippen LogP contribution in [0.2, 0.25) is 0 Å². The predicted molar refractivity (Wildman–Crippen MR) is 66.3 cm³/mol. The molecule has 0 spiro atoms. The Morgan fingerprint density at radius 2 is 2.00 bits per heavy atom. The zero-order chi connectivity index (χ0) is 12.8. The smallest absolute Gasteiger partial charge is 0.315 e. The van der Waals surface area contributed by atoms with Crippen molar-refractivity contribution >= 4 is 11.9 Å². The minimum atomic E-state index is -0.398. The van der Waals surface area contributed by atoms with Crippen molar-refractivity contribution in [1.82, 2.24) is 10.6 Å². The molecule has 1 aliphatic rings. The summed E-state index contributed by atoms with van der Waals surface area (Å²) in [4.78, 5) is 22.1. The second-order valence-corrected chi connectivity index (χ2v) is 4.99. The number of hydrogen-bond acceptors (Lipinski definition) is 2. The lowest BCUT2D eigenvalue weighted by Gasteiger charge is -2.34. The average molecular weight is 241 g/mol. The molecule has 98 valence electrons. The normalized spacial score (nSPS) is 28.5. The second kappa shape index (κ2) is 6.47. The van der Waals surface area contributed by atoms with Crippen molar-refractivity contribution in [1.29, 1.82) is 0 Å². The van der Waals surface area contributed by atoms with Crippen LogP contribution < -0.4 is 16.4 Å². The van der Waals surface area contributed by atoms with Crippen LogP contribution in [0.4, 0.5) is 4.79 Å². The first-order valence-electron chi connectivity index (χ1n) is 6.33. The lowest BCUT2D eigenvalue weighted by atomic mass is 9.78. The average Bonchev–Trinajstić information content (AvgIpc) is 2.24. The van der Waals surface area contributed by atoms with Crippen LogP contribution in [0.25, 0.3) is 0 Å². The maximum absolute atomic E-state index is 11.6. The van der Waals surface area contributed by atoms with Crippen LogP contribution in [0.5, 0.6) is 0 Å². The zero-order valence-corrected chi connectivity index (χ0v) is 10.7. The minimum Gasteiger partial charge on any atom is -0.370 e. The van der Waals surface area contributed by atoms with Crippen molar-refractivity contribution in [2.45, 2.75) is 45.6 Å². The molecule has 0 heterocycles. The number of carbonyl (C=O) groups excluding carboxylic acids is 2. The molecule has 0 aromatic heterocycles. The SMILES string of the molecule is C[C@H]1[C@H](C)CCC[C@H]1NC(=O)NCCC(N)=O. The molecule has 1 aliphatic carbocycles. The summed E-state index contributed by atoms with van der Waals surface area (Å²) >= 11 is 0. The van der Waals surface area contributed by atoms with Crippen LogP contribution in [0.15, 0.2) is 0 Å². The topological polar surface area (TPSA) is 84.2 Å². The van der Waals surface area contributed by atoms with E-state index in [0.717, 1.165) is 12.8 Å². The maximum atomic E-state index is 11.6. The van der Waals surface area contributed by atoms with E-state index in [0.29, 0.717) is 18.4 Å². The third-order valence-electron chi connectivity index (χ3n) is 3.68. The van der Waals surface area contributed by atoms with E-state index >= 15 is 0 Å². The summed E-state index contributed by atoms with van der Waals surface area (Å²) in [6.45, 7) is 4.71. The van der Waals surface area contributed by atoms with Crippen molar-refractivity contribution in [2.24, 2.45) is 17.6 Å². The minimum absolute atomic E-state index is 0.185. The van der Waals surface area contributed by atoms with Crippen molar-refractivity contribution in [3.63, 3.8) is 0 Å². The highest BCUT2D eigenvalue weighted by molar-refractivity contribution is 5.77. The second-order valence-electron chi connectivity index (χ2n) is 4.99. The van der Waals surface area contributed by atoms with Crippen LogP contribution in [0.1, 0.15) is 39.5 Å². The van der Waals surface area contributed by atoms with Gasteiger partial charge >= 0.3 is 6.03 Å². The molecule has 1 saturated carbocycles. The number of nitrogens with one attached hydrogen (secondary N) is 2. The molecule has 0 bridgehead atoms. The number of amides is 3. The number of nitrogens with two attached hydrogens (primary N) is 1. The molecule has 4 N–H and O–H groups in total. The van der Waals surface area contributed by atoms with Gasteiger partial charge in [-0.3, -0.25) is 4.79 Å². The molecule has 1 rings (SSSR count). The Kier molecular flexibility index (Phi) is 5.25. The van der Waals surface area contributed by atoms with E-state index in [1.807, 2.05) is 0 Å². The highest BCUT2D eigenvalue weighted by Gasteiger charge is 2.27. The van der Waals surface area contributed by atoms with Crippen molar-refractivity contribution in [3.05, 3.63) is 0 Å². The standard InChI is InChI=1S/C12H23N3O2/c1-8-4-3-5-10(9(8)2)15-12(17)14-7-6-11(13)16/h8-10H,3-7H2,1-2H3,(H2,13,16)(H2,14,15,17)/t8-,9+,10-/m1/s1. The first kappa shape index (κ1) is 13.8. The molecule has 5 nitrogen and oxygen atoms in total. The van der Waals surface area contributed by atoms with E-state index in [-0.39, 0.29) is 18.5 Å². The first-order valence-corrected chi connectivity index (χ1v) is 6.33. The van der Waals surface area contributed by atoms with Gasteiger partial charge in [0.25, 0.3) is 0 Å². The van der Waals surface area contributed by atoms with E-state index in [2.05, 4.69) is 24.5 Å². The van der Waals surface area contributed by atoms with E-state index < -0.39 is 5.91 Å². The van der Waals surface area contributed by atoms with Crippen LogP contribution in [-0.2, 0) is 4.79 Å². The molecule has 0 aromatic rings. The van der Waals surface area contributed by atoms with Crippen LogP contribution in [0, 0.1) is 11.8 Å². The van der Waals surface area contributed by atoms with Gasteiger partial charge in [-0.15, -0.1) is 0 Å². The maximum Gasteiger partial charge on any atom is 0.315 e. The molecule has 0 aromatic carbocycles. The Hall–Kier alpha value is -1.26. The molecule has 1 fully saturated rings. The fraction of sp³-hybridized carbons (Fsp3) is 0.833. The molecular weight excluding hydrogens is 218 g/mol. The lowest BCUT2D eigenvalue weighted by molar-refractivity contribution is -0.117. The summed E-state index contributed by atoms with van der Waals surface area (Å²) in [5, 5.41) is 5.62. The Labute approximate surface area is 103 Å². The molecule has 3 atom stereocenters. The monoisotopic (exact) mass is 241 g/mol. The number of rotatable bonds is 4. The largest absolute Gasteiger partial charge is 0.370 e. The van der Waals surface area contributed by atoms with E-state index in [1.54, 1.807) is 0 Å². The predicted octanol–water partition coefficient (Wildman–Crippen LogP) is 0.986. The number of urea groups is 1. The van der Waals surface area contributed by atoms with Crippen molar-refractivity contribution < 1.29 is 9.59 Å². The highest BCUT2D eigenvalue weighted by atomic mass is 16.2. The molecule has 3 amide bonds. The van der Waals surface area contributed by atoms with Gasteiger partial charge in [-0.05, 0) is 18.3 Å². The third kappa shape index (κ3) is 4.63. The summed E-state index contributed by atoms with van der Waals surface area (Å²) in [5.41, 5.74) is 4.99. The molecule has 0 saturated heterocycles. The van der Waals surface area contributed by atoms with Gasteiger partial charge in [0.2, 0.25) is 5.91 Å². The van der Waals surface area contributed by atoms with Crippen LogP contribution >= 0.6 is 0 Å². The number of carbonyl (C=O) groups is 2. The highest BCUT2D eigenvalue weighted by Crippen LogP contribution is 2.29. The van der Waals surface area contributed by atoms with E-state index in [1.165, 1.54) is 6.42 Å². The van der Waals surface area contributed by atoms with Crippen LogP contribution in [0.3, 0.4) is 0 Å². The summed E-state index contributed by atoms with van der Waals surface area (Å²) < 4.78 is 0. The van der Waals surface area contributed by atoms with Crippen molar-refractivity contribution in [3.8, 4) is 0 Å². The quantitative estimate of drug-likeness (QED) is 0.685.